The first-order valence-electron chi connectivity index (χ1n) is 22.6. The second-order valence-corrected chi connectivity index (χ2v) is 22.6. The number of benzene rings is 4. The van der Waals surface area contributed by atoms with E-state index in [0.29, 0.717) is 13.2 Å². The molecule has 2 aliphatic rings. The smallest absolute Gasteiger partial charge is 0.295 e. The summed E-state index contributed by atoms with van der Waals surface area (Å²) >= 11 is 0. The van der Waals surface area contributed by atoms with E-state index in [1.165, 1.54) is 71.4 Å². The molecule has 2 heterocycles. The van der Waals surface area contributed by atoms with Gasteiger partial charge in [-0.1, -0.05) is 24.3 Å². The Bertz CT molecular complexity index is 2900. The van der Waals surface area contributed by atoms with Crippen molar-refractivity contribution in [2.45, 2.75) is 19.6 Å². The first-order chi connectivity index (χ1) is 35.2. The molecule has 4 aromatic rings. The van der Waals surface area contributed by atoms with Crippen molar-refractivity contribution in [1.29, 1.82) is 0 Å². The molecule has 404 valence electrons. The average Bonchev–Trinajstić information content (AvgIpc) is 3.38. The van der Waals surface area contributed by atoms with Gasteiger partial charge in [-0.2, -0.15) is 25.4 Å². The van der Waals surface area contributed by atoms with Crippen LogP contribution in [-0.4, -0.2) is 183 Å². The van der Waals surface area contributed by atoms with Gasteiger partial charge < -0.3 is 48.5 Å². The molecule has 0 bridgehead atoms. The van der Waals surface area contributed by atoms with Gasteiger partial charge in [0.25, 0.3) is 32.1 Å². The highest BCUT2D eigenvalue weighted by Gasteiger charge is 2.32. The number of anilines is 2. The number of amides is 2. The van der Waals surface area contributed by atoms with Crippen LogP contribution < -0.4 is 20.1 Å². The fraction of sp³-hybridized carbons (Fsp3) is 0.391. The van der Waals surface area contributed by atoms with E-state index in [9.17, 15) is 52.4 Å². The minimum absolute atomic E-state index is 0.0315. The maximum atomic E-state index is 13.8. The van der Waals surface area contributed by atoms with Gasteiger partial charge in [-0.3, -0.25) is 18.7 Å². The Balaban J connectivity index is 1.22. The van der Waals surface area contributed by atoms with Crippen molar-refractivity contribution in [2.75, 3.05) is 130 Å². The van der Waals surface area contributed by atoms with Crippen molar-refractivity contribution in [2.24, 2.45) is 0 Å². The highest BCUT2D eigenvalue weighted by atomic mass is 32.2. The first kappa shape index (κ1) is 57.8. The maximum Gasteiger partial charge on any atom is 0.295 e. The number of hydrogen-bond acceptors (Lipinski definition) is 18. The van der Waals surface area contributed by atoms with E-state index in [2.05, 4.69) is 10.6 Å². The number of nitrogens with zero attached hydrogens (tertiary/aromatic N) is 2. The molecular weight excluding hydrogens is 1060 g/mol. The van der Waals surface area contributed by atoms with E-state index in [-0.39, 0.29) is 147 Å². The van der Waals surface area contributed by atoms with Crippen LogP contribution in [0.2, 0.25) is 0 Å². The molecule has 0 spiro atoms. The molecule has 0 aliphatic carbocycles. The number of ether oxygens (including phenoxy) is 8. The first-order valence-corrected chi connectivity index (χ1v) is 28.4. The van der Waals surface area contributed by atoms with Crippen molar-refractivity contribution in [3.8, 4) is 11.5 Å². The van der Waals surface area contributed by atoms with E-state index in [4.69, 9.17) is 37.9 Å². The zero-order chi connectivity index (χ0) is 53.5. The molecule has 6 rings (SSSR count). The van der Waals surface area contributed by atoms with E-state index < -0.39 is 61.9 Å². The number of carbonyl (C=O) groups excluding carboxylic acids is 2. The summed E-state index contributed by atoms with van der Waals surface area (Å²) in [6.45, 7) is 2.17. The van der Waals surface area contributed by atoms with E-state index in [1.807, 2.05) is 0 Å². The summed E-state index contributed by atoms with van der Waals surface area (Å²) in [4.78, 5) is 25.1. The lowest BCUT2D eigenvalue weighted by Gasteiger charge is -2.27. The van der Waals surface area contributed by atoms with Crippen LogP contribution in [0.1, 0.15) is 31.8 Å². The number of rotatable bonds is 26. The minimum atomic E-state index is -5.05. The SMILES string of the molecule is COCCOCCOc1ccc(C(=O)Nc2ccc(/C=C/c3ccc(NC(=O)c4ccc(OCCOCCOC)c(S(=O)(=O)N5CCOCC5)c4)cc3S(=O)(=O)O)c(S(=O)(=O)O)c2)cc1S(=O)(=O)N1CCOCC1. The van der Waals surface area contributed by atoms with Gasteiger partial charge in [0.2, 0.25) is 20.0 Å². The molecule has 0 radical (unpaired) electrons. The Labute approximate surface area is 429 Å². The van der Waals surface area contributed by atoms with Crippen molar-refractivity contribution in [3.63, 3.8) is 0 Å². The third-order valence-electron chi connectivity index (χ3n) is 11.0. The van der Waals surface area contributed by atoms with Gasteiger partial charge in [-0.25, -0.2) is 16.8 Å². The Kier molecular flexibility index (Phi) is 20.6. The lowest BCUT2D eigenvalue weighted by atomic mass is 10.1. The summed E-state index contributed by atoms with van der Waals surface area (Å²) < 4.78 is 172. The number of morpholine rings is 2. The van der Waals surface area contributed by atoms with Gasteiger partial charge in [-0.05, 0) is 71.8 Å². The third kappa shape index (κ3) is 15.6. The van der Waals surface area contributed by atoms with E-state index >= 15 is 0 Å². The molecule has 2 saturated heterocycles. The standard InChI is InChI=1S/C46H56N4O20S4/c1-63-21-23-67-25-27-69-39-11-7-35(29-43(39)71(53,54)49-13-17-65-18-14-49)45(51)47-37-9-5-33(41(31-37)73(57,58)59)3-4-34-6-10-38(32-42(34)74(60,61)62)48-46(52)36-8-12-40(70-28-26-68-24-22-64-2)44(30-36)72(55,56)50-15-19-66-20-16-50/h3-12,29-32H,13-28H2,1-2H3,(H,47,51)(H,48,52)(H,57,58,59)(H,60,61,62)/b4-3+. The number of sulfonamides is 2. The Hall–Kier alpha value is -5.44. The normalized spacial score (nSPS) is 15.2. The van der Waals surface area contributed by atoms with Crippen LogP contribution >= 0.6 is 0 Å². The summed E-state index contributed by atoms with van der Waals surface area (Å²) in [7, 11) is -15.5. The molecule has 2 fully saturated rings. The quantitative estimate of drug-likeness (QED) is 0.0399. The molecule has 0 saturated carbocycles. The van der Waals surface area contributed by atoms with Gasteiger partial charge in [0.15, 0.2) is 0 Å². The lowest BCUT2D eigenvalue weighted by Crippen LogP contribution is -2.40. The number of nitrogens with one attached hydrogen (secondary N) is 2. The van der Waals surface area contributed by atoms with Crippen LogP contribution in [-0.2, 0) is 68.7 Å². The van der Waals surface area contributed by atoms with E-state index in [0.717, 1.165) is 36.4 Å². The second kappa shape index (κ2) is 26.4. The zero-order valence-electron chi connectivity index (χ0n) is 40.2. The summed E-state index contributed by atoms with van der Waals surface area (Å²) in [5.74, 6) is -1.84. The lowest BCUT2D eigenvalue weighted by molar-refractivity contribution is 0.0538. The topological polar surface area (TPSA) is 316 Å². The van der Waals surface area contributed by atoms with Gasteiger partial charge in [0, 0.05) is 62.9 Å². The molecule has 24 nitrogen and oxygen atoms in total. The molecule has 2 amide bonds. The fourth-order valence-electron chi connectivity index (χ4n) is 7.23. The van der Waals surface area contributed by atoms with Crippen LogP contribution in [0.25, 0.3) is 12.2 Å². The van der Waals surface area contributed by atoms with Crippen LogP contribution in [0.15, 0.2) is 92.4 Å². The van der Waals surface area contributed by atoms with Crippen molar-refractivity contribution >= 4 is 75.6 Å². The summed E-state index contributed by atoms with van der Waals surface area (Å²) in [5.41, 5.74) is -1.03. The predicted molar refractivity (Wildman–Crippen MR) is 266 cm³/mol. The minimum Gasteiger partial charge on any atom is -0.490 e. The third-order valence-corrected chi connectivity index (χ3v) is 16.6. The van der Waals surface area contributed by atoms with Crippen LogP contribution in [0, 0.1) is 0 Å². The Morgan fingerprint density at radius 3 is 1.23 bits per heavy atom. The molecule has 28 heteroatoms. The molecular formula is C46H56N4O20S4. The zero-order valence-corrected chi connectivity index (χ0v) is 43.4. The van der Waals surface area contributed by atoms with Gasteiger partial charge >= 0.3 is 0 Å². The van der Waals surface area contributed by atoms with Crippen molar-refractivity contribution in [3.05, 3.63) is 95.1 Å². The largest absolute Gasteiger partial charge is 0.490 e. The van der Waals surface area contributed by atoms with E-state index in [1.54, 1.807) is 0 Å². The van der Waals surface area contributed by atoms with Crippen molar-refractivity contribution in [1.82, 2.24) is 8.61 Å². The van der Waals surface area contributed by atoms with Gasteiger partial charge in [-0.15, -0.1) is 0 Å². The maximum absolute atomic E-state index is 13.8. The molecule has 4 aromatic carbocycles. The second-order valence-electron chi connectivity index (χ2n) is 16.0. The monoisotopic (exact) mass is 1110 g/mol. The average molecular weight is 1110 g/mol. The number of methoxy groups -OCH3 is 2. The summed E-state index contributed by atoms with van der Waals surface area (Å²) in [5, 5.41) is 4.98. The molecule has 0 aromatic heterocycles. The summed E-state index contributed by atoms with van der Waals surface area (Å²) in [6.07, 6.45) is 2.21. The van der Waals surface area contributed by atoms with Gasteiger partial charge in [0.1, 0.15) is 44.3 Å². The van der Waals surface area contributed by atoms with Crippen LogP contribution in [0.3, 0.4) is 0 Å². The van der Waals surface area contributed by atoms with Crippen molar-refractivity contribution < 1.29 is 90.3 Å². The Morgan fingerprint density at radius 2 is 0.878 bits per heavy atom. The molecule has 2 aliphatic heterocycles. The van der Waals surface area contributed by atoms with Crippen LogP contribution in [0.5, 0.6) is 11.5 Å². The Morgan fingerprint density at radius 1 is 0.514 bits per heavy atom. The summed E-state index contributed by atoms with van der Waals surface area (Å²) in [6, 6.07) is 14.1. The highest BCUT2D eigenvalue weighted by molar-refractivity contribution is 7.89. The molecule has 0 atom stereocenters. The predicted octanol–water partition coefficient (Wildman–Crippen LogP) is 2.98. The highest BCUT2D eigenvalue weighted by Crippen LogP contribution is 2.32. The van der Waals surface area contributed by atoms with Crippen LogP contribution in [0.4, 0.5) is 11.4 Å². The molecule has 0 unspecified atom stereocenters. The molecule has 74 heavy (non-hydrogen) atoms. The molecule has 4 N–H and O–H groups in total. The number of carbonyl (C=O) groups is 2. The number of hydrogen-bond donors (Lipinski definition) is 4. The van der Waals surface area contributed by atoms with Gasteiger partial charge in [0.05, 0.1) is 66.1 Å². The fourth-order valence-corrected chi connectivity index (χ4v) is 11.8.